The number of rotatable bonds is 8. The molecule has 7 nitrogen and oxygen atoms in total. The fraction of sp³-hybridized carbons (Fsp3) is 0.947. The largest absolute Gasteiger partial charge is 0.379 e. The second-order valence-electron chi connectivity index (χ2n) is 8.01. The number of hydrogen-bond acceptors (Lipinski definition) is 5. The van der Waals surface area contributed by atoms with Crippen molar-refractivity contribution in [3.63, 3.8) is 0 Å². The number of ether oxygens (including phenoxy) is 2. The summed E-state index contributed by atoms with van der Waals surface area (Å²) >= 11 is 0. The quantitative estimate of drug-likeness (QED) is 0.483. The van der Waals surface area contributed by atoms with Gasteiger partial charge in [0.2, 0.25) is 0 Å². The second-order valence-corrected chi connectivity index (χ2v) is 8.01. The lowest BCUT2D eigenvalue weighted by atomic mass is 10.0. The Hall–Kier alpha value is -0.890. The Morgan fingerprint density at radius 2 is 1.65 bits per heavy atom. The minimum absolute atomic E-state index is 0.0472. The third-order valence-corrected chi connectivity index (χ3v) is 5.13. The molecule has 2 aliphatic rings. The molecule has 2 saturated heterocycles. The minimum Gasteiger partial charge on any atom is -0.379 e. The summed E-state index contributed by atoms with van der Waals surface area (Å²) in [6.45, 7) is 20.1. The van der Waals surface area contributed by atoms with Crippen LogP contribution in [0.2, 0.25) is 0 Å². The molecule has 2 rings (SSSR count). The standard InChI is InChI=1S/C19H39N5O2/c1-5-20-18(21-14-17(2)15-23-6-10-25-11-7-23)22-16-19(3,4)24-8-12-26-13-9-24/h17H,5-16H2,1-4H3,(H2,20,21,22). The van der Waals surface area contributed by atoms with Crippen molar-refractivity contribution in [2.45, 2.75) is 33.2 Å². The molecule has 7 heteroatoms. The van der Waals surface area contributed by atoms with E-state index in [1.54, 1.807) is 0 Å². The zero-order valence-electron chi connectivity index (χ0n) is 17.2. The Kier molecular flexibility index (Phi) is 9.11. The number of morpholine rings is 2. The van der Waals surface area contributed by atoms with E-state index in [2.05, 4.69) is 48.1 Å². The van der Waals surface area contributed by atoms with E-state index in [9.17, 15) is 0 Å². The van der Waals surface area contributed by atoms with Crippen molar-refractivity contribution in [1.82, 2.24) is 20.4 Å². The summed E-state index contributed by atoms with van der Waals surface area (Å²) in [5, 5.41) is 6.90. The zero-order valence-corrected chi connectivity index (χ0v) is 17.2. The molecule has 0 bridgehead atoms. The van der Waals surface area contributed by atoms with Crippen LogP contribution < -0.4 is 10.6 Å². The van der Waals surface area contributed by atoms with Crippen LogP contribution in [0.5, 0.6) is 0 Å². The lowest BCUT2D eigenvalue weighted by molar-refractivity contribution is -0.00684. The summed E-state index contributed by atoms with van der Waals surface area (Å²) in [4.78, 5) is 9.82. The van der Waals surface area contributed by atoms with Gasteiger partial charge in [0.1, 0.15) is 0 Å². The highest BCUT2D eigenvalue weighted by Gasteiger charge is 2.28. The van der Waals surface area contributed by atoms with E-state index in [0.29, 0.717) is 5.92 Å². The van der Waals surface area contributed by atoms with Crippen LogP contribution in [-0.2, 0) is 9.47 Å². The fourth-order valence-electron chi connectivity index (χ4n) is 3.44. The molecular formula is C19H39N5O2. The van der Waals surface area contributed by atoms with Crippen molar-refractivity contribution in [2.24, 2.45) is 10.9 Å². The van der Waals surface area contributed by atoms with Gasteiger partial charge < -0.3 is 20.1 Å². The number of aliphatic imine (C=N–C) groups is 1. The average Bonchev–Trinajstić information content (AvgIpc) is 2.65. The molecule has 1 unspecified atom stereocenters. The zero-order chi connectivity index (χ0) is 18.8. The first-order valence-electron chi connectivity index (χ1n) is 10.2. The summed E-state index contributed by atoms with van der Waals surface area (Å²) in [7, 11) is 0. The molecule has 1 atom stereocenters. The smallest absolute Gasteiger partial charge is 0.191 e. The van der Waals surface area contributed by atoms with Crippen LogP contribution in [0, 0.1) is 5.92 Å². The lowest BCUT2D eigenvalue weighted by Crippen LogP contribution is -2.52. The second kappa shape index (κ2) is 11.1. The van der Waals surface area contributed by atoms with Gasteiger partial charge in [0.25, 0.3) is 0 Å². The van der Waals surface area contributed by atoms with E-state index in [0.717, 1.165) is 84.7 Å². The molecule has 152 valence electrons. The van der Waals surface area contributed by atoms with Gasteiger partial charge in [0, 0.05) is 51.4 Å². The summed E-state index contributed by atoms with van der Waals surface area (Å²) in [5.74, 6) is 1.49. The van der Waals surface area contributed by atoms with Crippen LogP contribution in [0.25, 0.3) is 0 Å². The molecule has 0 radical (unpaired) electrons. The highest BCUT2D eigenvalue weighted by atomic mass is 16.5. The highest BCUT2D eigenvalue weighted by Crippen LogP contribution is 2.16. The van der Waals surface area contributed by atoms with Gasteiger partial charge in [-0.15, -0.1) is 0 Å². The van der Waals surface area contributed by atoms with Gasteiger partial charge in [-0.1, -0.05) is 6.92 Å². The van der Waals surface area contributed by atoms with E-state index in [1.807, 2.05) is 0 Å². The van der Waals surface area contributed by atoms with Gasteiger partial charge in [0.15, 0.2) is 5.96 Å². The average molecular weight is 370 g/mol. The molecule has 2 N–H and O–H groups in total. The van der Waals surface area contributed by atoms with Crippen molar-refractivity contribution >= 4 is 5.96 Å². The van der Waals surface area contributed by atoms with Gasteiger partial charge in [-0.05, 0) is 26.7 Å². The van der Waals surface area contributed by atoms with E-state index >= 15 is 0 Å². The summed E-state index contributed by atoms with van der Waals surface area (Å²) in [6, 6.07) is 0. The van der Waals surface area contributed by atoms with Crippen molar-refractivity contribution in [1.29, 1.82) is 0 Å². The first-order valence-corrected chi connectivity index (χ1v) is 10.2. The SMILES string of the molecule is CCNC(=NCC(C)(C)N1CCOCC1)NCC(C)CN1CCOCC1. The molecule has 0 aliphatic carbocycles. The fourth-order valence-corrected chi connectivity index (χ4v) is 3.44. The normalized spacial score (nSPS) is 22.2. The number of hydrogen-bond donors (Lipinski definition) is 2. The molecule has 26 heavy (non-hydrogen) atoms. The first-order chi connectivity index (χ1) is 12.5. The molecule has 0 aromatic heterocycles. The molecule has 2 heterocycles. The summed E-state index contributed by atoms with van der Waals surface area (Å²) < 4.78 is 10.9. The molecule has 2 fully saturated rings. The van der Waals surface area contributed by atoms with Gasteiger partial charge >= 0.3 is 0 Å². The molecular weight excluding hydrogens is 330 g/mol. The van der Waals surface area contributed by atoms with Crippen LogP contribution in [-0.4, -0.2) is 100 Å². The third-order valence-electron chi connectivity index (χ3n) is 5.13. The molecule has 0 spiro atoms. The van der Waals surface area contributed by atoms with Gasteiger partial charge in [-0.25, -0.2) is 0 Å². The number of nitrogens with one attached hydrogen (secondary N) is 2. The number of guanidine groups is 1. The third kappa shape index (κ3) is 7.39. The van der Waals surface area contributed by atoms with Gasteiger partial charge in [-0.3, -0.25) is 14.8 Å². The van der Waals surface area contributed by atoms with Crippen molar-refractivity contribution in [3.05, 3.63) is 0 Å². The van der Waals surface area contributed by atoms with Gasteiger partial charge in [0.05, 0.1) is 33.0 Å². The Labute approximate surface area is 159 Å². The molecule has 2 aliphatic heterocycles. The summed E-state index contributed by atoms with van der Waals surface area (Å²) in [6.07, 6.45) is 0. The van der Waals surface area contributed by atoms with Crippen LogP contribution >= 0.6 is 0 Å². The molecule has 0 amide bonds. The number of nitrogens with zero attached hydrogens (tertiary/aromatic N) is 3. The van der Waals surface area contributed by atoms with Crippen LogP contribution in [0.15, 0.2) is 4.99 Å². The monoisotopic (exact) mass is 369 g/mol. The Balaban J connectivity index is 1.79. The summed E-state index contributed by atoms with van der Waals surface area (Å²) in [5.41, 5.74) is 0.0472. The topological polar surface area (TPSA) is 61.4 Å². The minimum atomic E-state index is 0.0472. The van der Waals surface area contributed by atoms with E-state index in [4.69, 9.17) is 14.5 Å². The van der Waals surface area contributed by atoms with Crippen LogP contribution in [0.1, 0.15) is 27.7 Å². The predicted octanol–water partition coefficient (Wildman–Crippen LogP) is 0.621. The van der Waals surface area contributed by atoms with E-state index in [-0.39, 0.29) is 5.54 Å². The Morgan fingerprint density at radius 3 is 2.27 bits per heavy atom. The maximum Gasteiger partial charge on any atom is 0.191 e. The van der Waals surface area contributed by atoms with E-state index < -0.39 is 0 Å². The van der Waals surface area contributed by atoms with Crippen molar-refractivity contribution in [2.75, 3.05) is 78.8 Å². The Bertz CT molecular complexity index is 418. The maximum absolute atomic E-state index is 5.47. The molecule has 0 saturated carbocycles. The molecule has 0 aromatic carbocycles. The Morgan fingerprint density at radius 1 is 1.04 bits per heavy atom. The van der Waals surface area contributed by atoms with Crippen molar-refractivity contribution in [3.8, 4) is 0 Å². The predicted molar refractivity (Wildman–Crippen MR) is 107 cm³/mol. The van der Waals surface area contributed by atoms with Gasteiger partial charge in [-0.2, -0.15) is 0 Å². The highest BCUT2D eigenvalue weighted by molar-refractivity contribution is 5.79. The van der Waals surface area contributed by atoms with Crippen LogP contribution in [0.3, 0.4) is 0 Å². The van der Waals surface area contributed by atoms with Crippen molar-refractivity contribution < 1.29 is 9.47 Å². The van der Waals surface area contributed by atoms with Crippen LogP contribution in [0.4, 0.5) is 0 Å². The first kappa shape index (κ1) is 21.4. The molecule has 0 aromatic rings. The lowest BCUT2D eigenvalue weighted by Gasteiger charge is -2.40. The van der Waals surface area contributed by atoms with E-state index in [1.165, 1.54) is 0 Å². The maximum atomic E-state index is 5.47.